The average Bonchev–Trinajstić information content (AvgIpc) is 2.07. The molecule has 0 heterocycles. The van der Waals surface area contributed by atoms with E-state index >= 15 is 0 Å². The van der Waals surface area contributed by atoms with E-state index in [9.17, 15) is 0 Å². The van der Waals surface area contributed by atoms with E-state index in [4.69, 9.17) is 0 Å². The van der Waals surface area contributed by atoms with Crippen molar-refractivity contribution in [3.05, 3.63) is 23.3 Å². The largest absolute Gasteiger partial charge is 0.0702 e. The van der Waals surface area contributed by atoms with Crippen molar-refractivity contribution in [3.8, 4) is 0 Å². The highest BCUT2D eigenvalue weighted by Crippen LogP contribution is 2.22. The fraction of sp³-hybridized carbons (Fsp3) is 0.636. The zero-order chi connectivity index (χ0) is 8.10. The molecule has 0 radical (unpaired) electrons. The van der Waals surface area contributed by atoms with Crippen LogP contribution in [0.15, 0.2) is 23.3 Å². The first-order valence-electron chi connectivity index (χ1n) is 4.74. The van der Waals surface area contributed by atoms with Crippen molar-refractivity contribution in [3.63, 3.8) is 0 Å². The van der Waals surface area contributed by atoms with Crippen LogP contribution in [0.25, 0.3) is 0 Å². The summed E-state index contributed by atoms with van der Waals surface area (Å²) >= 11 is 0. The van der Waals surface area contributed by atoms with Crippen molar-refractivity contribution in [1.82, 2.24) is 0 Å². The van der Waals surface area contributed by atoms with Gasteiger partial charge in [-0.05, 0) is 25.7 Å². The standard InChI is InChI=1S/C11H18/c1-3-5-11-8-6-10(4-2)7-9-11/h6,8H,3-5,7,9H2,1-2H3. The van der Waals surface area contributed by atoms with Gasteiger partial charge in [-0.1, -0.05) is 43.6 Å². The highest BCUT2D eigenvalue weighted by molar-refractivity contribution is 5.23. The van der Waals surface area contributed by atoms with Gasteiger partial charge < -0.3 is 0 Å². The second-order valence-corrected chi connectivity index (χ2v) is 3.25. The summed E-state index contributed by atoms with van der Waals surface area (Å²) in [5, 5.41) is 0. The van der Waals surface area contributed by atoms with E-state index in [1.807, 2.05) is 0 Å². The van der Waals surface area contributed by atoms with E-state index in [2.05, 4.69) is 26.0 Å². The molecule has 1 aliphatic carbocycles. The molecule has 62 valence electrons. The van der Waals surface area contributed by atoms with Gasteiger partial charge in [0.1, 0.15) is 0 Å². The molecule has 0 spiro atoms. The molecule has 0 aliphatic heterocycles. The molecule has 1 aliphatic rings. The van der Waals surface area contributed by atoms with Gasteiger partial charge in [0.25, 0.3) is 0 Å². The average molecular weight is 150 g/mol. The highest BCUT2D eigenvalue weighted by atomic mass is 14.1. The van der Waals surface area contributed by atoms with E-state index < -0.39 is 0 Å². The summed E-state index contributed by atoms with van der Waals surface area (Å²) in [7, 11) is 0. The van der Waals surface area contributed by atoms with Crippen molar-refractivity contribution < 1.29 is 0 Å². The summed E-state index contributed by atoms with van der Waals surface area (Å²) in [6.07, 6.45) is 11.1. The number of hydrogen-bond acceptors (Lipinski definition) is 0. The predicted molar refractivity (Wildman–Crippen MR) is 50.6 cm³/mol. The van der Waals surface area contributed by atoms with Gasteiger partial charge >= 0.3 is 0 Å². The van der Waals surface area contributed by atoms with Crippen molar-refractivity contribution in [1.29, 1.82) is 0 Å². The van der Waals surface area contributed by atoms with E-state index in [0.717, 1.165) is 0 Å². The molecule has 11 heavy (non-hydrogen) atoms. The fourth-order valence-electron chi connectivity index (χ4n) is 1.55. The third-order valence-corrected chi connectivity index (χ3v) is 2.35. The quantitative estimate of drug-likeness (QED) is 0.573. The van der Waals surface area contributed by atoms with Crippen LogP contribution in [0.1, 0.15) is 46.0 Å². The van der Waals surface area contributed by atoms with Crippen LogP contribution in [0.4, 0.5) is 0 Å². The van der Waals surface area contributed by atoms with Crippen molar-refractivity contribution in [2.45, 2.75) is 46.0 Å². The Morgan fingerprint density at radius 3 is 2.18 bits per heavy atom. The summed E-state index contributed by atoms with van der Waals surface area (Å²) in [6, 6.07) is 0. The van der Waals surface area contributed by atoms with Gasteiger partial charge in [-0.15, -0.1) is 0 Å². The Hall–Kier alpha value is -0.520. The van der Waals surface area contributed by atoms with Gasteiger partial charge in [0, 0.05) is 0 Å². The molecule has 0 heteroatoms. The summed E-state index contributed by atoms with van der Waals surface area (Å²) in [6.45, 7) is 4.49. The second-order valence-electron chi connectivity index (χ2n) is 3.25. The molecule has 1 rings (SSSR count). The molecule has 0 saturated carbocycles. The molecule has 0 atom stereocenters. The van der Waals surface area contributed by atoms with Crippen LogP contribution < -0.4 is 0 Å². The minimum absolute atomic E-state index is 1.23. The van der Waals surface area contributed by atoms with Crippen molar-refractivity contribution in [2.24, 2.45) is 0 Å². The Bertz CT molecular complexity index is 172. The Morgan fingerprint density at radius 1 is 1.09 bits per heavy atom. The van der Waals surface area contributed by atoms with Gasteiger partial charge in [-0.3, -0.25) is 0 Å². The molecule has 0 amide bonds. The van der Waals surface area contributed by atoms with Crippen LogP contribution >= 0.6 is 0 Å². The zero-order valence-corrected chi connectivity index (χ0v) is 7.69. The van der Waals surface area contributed by atoms with Gasteiger partial charge in [-0.25, -0.2) is 0 Å². The van der Waals surface area contributed by atoms with E-state index in [-0.39, 0.29) is 0 Å². The topological polar surface area (TPSA) is 0 Å². The number of hydrogen-bond donors (Lipinski definition) is 0. The van der Waals surface area contributed by atoms with Gasteiger partial charge in [0.2, 0.25) is 0 Å². The minimum Gasteiger partial charge on any atom is -0.0702 e. The maximum atomic E-state index is 2.33. The van der Waals surface area contributed by atoms with E-state index in [0.29, 0.717) is 0 Å². The van der Waals surface area contributed by atoms with Crippen LogP contribution in [0.3, 0.4) is 0 Å². The Balaban J connectivity index is 2.47. The van der Waals surface area contributed by atoms with Crippen LogP contribution in [-0.4, -0.2) is 0 Å². The van der Waals surface area contributed by atoms with Crippen molar-refractivity contribution >= 4 is 0 Å². The molecule has 0 nitrogen and oxygen atoms in total. The third-order valence-electron chi connectivity index (χ3n) is 2.35. The number of rotatable bonds is 3. The SMILES string of the molecule is CCCC1=CC=C(CC)CC1. The molecule has 0 fully saturated rings. The Kier molecular flexibility index (Phi) is 3.41. The van der Waals surface area contributed by atoms with Gasteiger partial charge in [0.05, 0.1) is 0 Å². The van der Waals surface area contributed by atoms with E-state index in [1.165, 1.54) is 32.1 Å². The van der Waals surface area contributed by atoms with Crippen LogP contribution in [-0.2, 0) is 0 Å². The predicted octanol–water partition coefficient (Wildman–Crippen LogP) is 3.84. The fourth-order valence-corrected chi connectivity index (χ4v) is 1.55. The lowest BCUT2D eigenvalue weighted by Crippen LogP contribution is -1.92. The maximum Gasteiger partial charge on any atom is -0.0280 e. The maximum absolute atomic E-state index is 2.33. The summed E-state index contributed by atoms with van der Waals surface area (Å²) in [4.78, 5) is 0. The van der Waals surface area contributed by atoms with Crippen LogP contribution in [0, 0.1) is 0 Å². The Morgan fingerprint density at radius 2 is 1.73 bits per heavy atom. The molecule has 0 aromatic rings. The van der Waals surface area contributed by atoms with Gasteiger partial charge in [0.15, 0.2) is 0 Å². The van der Waals surface area contributed by atoms with Crippen LogP contribution in [0.5, 0.6) is 0 Å². The monoisotopic (exact) mass is 150 g/mol. The first-order valence-corrected chi connectivity index (χ1v) is 4.74. The highest BCUT2D eigenvalue weighted by Gasteiger charge is 2.02. The summed E-state index contributed by atoms with van der Waals surface area (Å²) in [5.41, 5.74) is 3.26. The lowest BCUT2D eigenvalue weighted by molar-refractivity contribution is 0.784. The zero-order valence-electron chi connectivity index (χ0n) is 7.69. The molecule has 0 aromatic heterocycles. The first kappa shape index (κ1) is 8.58. The molecular weight excluding hydrogens is 132 g/mol. The molecule has 0 aromatic carbocycles. The number of allylic oxidation sites excluding steroid dienone is 4. The lowest BCUT2D eigenvalue weighted by Gasteiger charge is -2.12. The lowest BCUT2D eigenvalue weighted by atomic mass is 9.94. The molecular formula is C11H18. The van der Waals surface area contributed by atoms with Crippen LogP contribution in [0.2, 0.25) is 0 Å². The van der Waals surface area contributed by atoms with Gasteiger partial charge in [-0.2, -0.15) is 0 Å². The Labute approximate surface area is 70.0 Å². The summed E-state index contributed by atoms with van der Waals surface area (Å²) in [5.74, 6) is 0. The second kappa shape index (κ2) is 4.38. The summed E-state index contributed by atoms with van der Waals surface area (Å²) < 4.78 is 0. The smallest absolute Gasteiger partial charge is 0.0280 e. The molecule has 0 saturated heterocycles. The normalized spacial score (nSPS) is 17.6. The molecule has 0 N–H and O–H groups in total. The first-order chi connectivity index (χ1) is 5.36. The van der Waals surface area contributed by atoms with E-state index in [1.54, 1.807) is 11.1 Å². The third kappa shape index (κ3) is 2.53. The molecule has 0 unspecified atom stereocenters. The van der Waals surface area contributed by atoms with Crippen molar-refractivity contribution in [2.75, 3.05) is 0 Å². The molecule has 0 bridgehead atoms. The minimum atomic E-state index is 1.23.